The first kappa shape index (κ1) is 11.0. The molecule has 0 fully saturated rings. The van der Waals surface area contributed by atoms with Gasteiger partial charge in [0.2, 0.25) is 0 Å². The predicted molar refractivity (Wildman–Crippen MR) is 48.8 cm³/mol. The van der Waals surface area contributed by atoms with Crippen molar-refractivity contribution in [1.29, 1.82) is 0 Å². The summed E-state index contributed by atoms with van der Waals surface area (Å²) in [6.07, 6.45) is -2.36. The van der Waals surface area contributed by atoms with Crippen LogP contribution in [0.4, 0.5) is 13.2 Å². The number of hydrogen-bond acceptors (Lipinski definition) is 1. The van der Waals surface area contributed by atoms with Crippen LogP contribution in [0.15, 0.2) is 24.3 Å². The first-order chi connectivity index (χ1) is 6.59. The van der Waals surface area contributed by atoms with E-state index in [1.807, 2.05) is 0 Å². The van der Waals surface area contributed by atoms with Gasteiger partial charge in [0.15, 0.2) is 0 Å². The van der Waals surface area contributed by atoms with Gasteiger partial charge in [-0.3, -0.25) is 0 Å². The van der Waals surface area contributed by atoms with E-state index < -0.39 is 6.43 Å². The molecule has 0 saturated carbocycles. The highest BCUT2D eigenvalue weighted by molar-refractivity contribution is 5.19. The molecule has 78 valence electrons. The highest BCUT2D eigenvalue weighted by Crippen LogP contribution is 2.12. The molecule has 1 atom stereocenters. The van der Waals surface area contributed by atoms with Crippen molar-refractivity contribution in [2.45, 2.75) is 19.4 Å². The average Bonchev–Trinajstić information content (AvgIpc) is 2.15. The van der Waals surface area contributed by atoms with Gasteiger partial charge in [0, 0.05) is 6.04 Å². The molecule has 0 amide bonds. The van der Waals surface area contributed by atoms with Crippen LogP contribution in [-0.4, -0.2) is 13.0 Å². The number of rotatable bonds is 4. The van der Waals surface area contributed by atoms with E-state index in [1.54, 1.807) is 19.1 Å². The summed E-state index contributed by atoms with van der Waals surface area (Å²) in [4.78, 5) is 0. The van der Waals surface area contributed by atoms with E-state index in [0.717, 1.165) is 5.56 Å². The maximum atomic E-state index is 12.5. The van der Waals surface area contributed by atoms with Crippen LogP contribution in [0.25, 0.3) is 0 Å². The predicted octanol–water partition coefficient (Wildman–Crippen LogP) is 2.74. The molecule has 0 unspecified atom stereocenters. The maximum absolute atomic E-state index is 12.5. The summed E-state index contributed by atoms with van der Waals surface area (Å²) >= 11 is 0. The van der Waals surface area contributed by atoms with Crippen LogP contribution in [0.3, 0.4) is 0 Å². The Bertz CT molecular complexity index is 271. The van der Waals surface area contributed by atoms with Gasteiger partial charge in [0.25, 0.3) is 6.43 Å². The van der Waals surface area contributed by atoms with E-state index in [1.165, 1.54) is 12.1 Å². The fraction of sp³-hybridized carbons (Fsp3) is 0.400. The topological polar surface area (TPSA) is 12.0 Å². The van der Waals surface area contributed by atoms with E-state index in [-0.39, 0.29) is 18.4 Å². The molecule has 0 spiro atoms. The molecule has 0 heterocycles. The average molecular weight is 203 g/mol. The lowest BCUT2D eigenvalue weighted by molar-refractivity contribution is 0.142. The molecule has 0 saturated heterocycles. The lowest BCUT2D eigenvalue weighted by Gasteiger charge is -2.13. The van der Waals surface area contributed by atoms with Crippen molar-refractivity contribution in [1.82, 2.24) is 5.32 Å². The van der Waals surface area contributed by atoms with Crippen molar-refractivity contribution < 1.29 is 13.2 Å². The van der Waals surface area contributed by atoms with Gasteiger partial charge in [-0.15, -0.1) is 0 Å². The van der Waals surface area contributed by atoms with Crippen molar-refractivity contribution in [2.75, 3.05) is 6.54 Å². The number of halogens is 3. The van der Waals surface area contributed by atoms with Crippen molar-refractivity contribution >= 4 is 0 Å². The maximum Gasteiger partial charge on any atom is 0.250 e. The fourth-order valence-electron chi connectivity index (χ4n) is 1.14. The van der Waals surface area contributed by atoms with Crippen LogP contribution in [0.2, 0.25) is 0 Å². The lowest BCUT2D eigenvalue weighted by atomic mass is 10.1. The highest BCUT2D eigenvalue weighted by atomic mass is 19.3. The number of alkyl halides is 2. The minimum Gasteiger partial charge on any atom is -0.305 e. The van der Waals surface area contributed by atoms with E-state index in [4.69, 9.17) is 0 Å². The van der Waals surface area contributed by atoms with Crippen LogP contribution in [0, 0.1) is 5.82 Å². The molecule has 4 heteroatoms. The Morgan fingerprint density at radius 1 is 1.21 bits per heavy atom. The molecule has 1 rings (SSSR count). The molecule has 1 N–H and O–H groups in total. The number of benzene rings is 1. The minimum atomic E-state index is -2.36. The van der Waals surface area contributed by atoms with E-state index in [2.05, 4.69) is 5.32 Å². The summed E-state index contributed by atoms with van der Waals surface area (Å²) in [6, 6.07) is 5.60. The Kier molecular flexibility index (Phi) is 3.95. The number of hydrogen-bond donors (Lipinski definition) is 1. The van der Waals surface area contributed by atoms with Crippen LogP contribution >= 0.6 is 0 Å². The zero-order valence-electron chi connectivity index (χ0n) is 7.81. The van der Waals surface area contributed by atoms with Crippen LogP contribution in [0.5, 0.6) is 0 Å². The van der Waals surface area contributed by atoms with Crippen LogP contribution in [-0.2, 0) is 0 Å². The Labute approximate surface area is 80.9 Å². The summed E-state index contributed by atoms with van der Waals surface area (Å²) in [5, 5.41) is 2.65. The van der Waals surface area contributed by atoms with E-state index >= 15 is 0 Å². The smallest absolute Gasteiger partial charge is 0.250 e. The van der Waals surface area contributed by atoms with Gasteiger partial charge in [0.05, 0.1) is 6.54 Å². The fourth-order valence-corrected chi connectivity index (χ4v) is 1.14. The zero-order chi connectivity index (χ0) is 10.6. The molecular weight excluding hydrogens is 191 g/mol. The minimum absolute atomic E-state index is 0.190. The highest BCUT2D eigenvalue weighted by Gasteiger charge is 2.07. The molecule has 14 heavy (non-hydrogen) atoms. The van der Waals surface area contributed by atoms with Crippen molar-refractivity contribution in [3.8, 4) is 0 Å². The molecule has 0 radical (unpaired) electrons. The van der Waals surface area contributed by atoms with E-state index in [0.29, 0.717) is 0 Å². The monoisotopic (exact) mass is 203 g/mol. The van der Waals surface area contributed by atoms with Gasteiger partial charge in [-0.05, 0) is 24.6 Å². The molecule has 1 aromatic rings. The van der Waals surface area contributed by atoms with Crippen molar-refractivity contribution in [2.24, 2.45) is 0 Å². The molecule has 1 aromatic carbocycles. The van der Waals surface area contributed by atoms with Crippen molar-refractivity contribution in [3.05, 3.63) is 35.6 Å². The Hall–Kier alpha value is -1.03. The Morgan fingerprint density at radius 3 is 2.29 bits per heavy atom. The molecule has 1 nitrogen and oxygen atoms in total. The van der Waals surface area contributed by atoms with E-state index in [9.17, 15) is 13.2 Å². The summed E-state index contributed by atoms with van der Waals surface area (Å²) < 4.78 is 36.2. The third-order valence-corrected chi connectivity index (χ3v) is 1.95. The molecule has 0 aromatic heterocycles. The summed E-state index contributed by atoms with van der Waals surface area (Å²) in [5.74, 6) is -0.324. The first-order valence-electron chi connectivity index (χ1n) is 4.36. The SMILES string of the molecule is C[C@H](NCC(F)F)c1ccc(F)cc1. The Morgan fingerprint density at radius 2 is 1.79 bits per heavy atom. The van der Waals surface area contributed by atoms with Gasteiger partial charge in [0.1, 0.15) is 5.82 Å². The normalized spacial score (nSPS) is 13.2. The van der Waals surface area contributed by atoms with Gasteiger partial charge >= 0.3 is 0 Å². The lowest BCUT2D eigenvalue weighted by Crippen LogP contribution is -2.24. The Balaban J connectivity index is 2.52. The molecule has 0 bridgehead atoms. The van der Waals surface area contributed by atoms with Gasteiger partial charge in [-0.1, -0.05) is 12.1 Å². The first-order valence-corrected chi connectivity index (χ1v) is 4.36. The molecule has 0 aliphatic carbocycles. The van der Waals surface area contributed by atoms with Crippen LogP contribution in [0.1, 0.15) is 18.5 Å². The summed E-state index contributed by atoms with van der Waals surface area (Å²) in [6.45, 7) is 1.41. The van der Waals surface area contributed by atoms with Crippen LogP contribution < -0.4 is 5.32 Å². The second-order valence-electron chi connectivity index (χ2n) is 3.07. The standard InChI is InChI=1S/C10H12F3N/c1-7(14-6-10(12)13)8-2-4-9(11)5-3-8/h2-5,7,10,14H,6H2,1H3/t7-/m0/s1. The zero-order valence-corrected chi connectivity index (χ0v) is 7.81. The quantitative estimate of drug-likeness (QED) is 0.793. The number of nitrogens with one attached hydrogen (secondary N) is 1. The molecule has 0 aliphatic heterocycles. The second-order valence-corrected chi connectivity index (χ2v) is 3.07. The van der Waals surface area contributed by atoms with Gasteiger partial charge in [-0.25, -0.2) is 13.2 Å². The summed E-state index contributed by atoms with van der Waals surface area (Å²) in [7, 11) is 0. The third kappa shape index (κ3) is 3.38. The van der Waals surface area contributed by atoms with Gasteiger partial charge in [-0.2, -0.15) is 0 Å². The van der Waals surface area contributed by atoms with Crippen molar-refractivity contribution in [3.63, 3.8) is 0 Å². The molecular formula is C10H12F3N. The molecule has 0 aliphatic rings. The summed E-state index contributed by atoms with van der Waals surface area (Å²) in [5.41, 5.74) is 0.798. The van der Waals surface area contributed by atoms with Gasteiger partial charge < -0.3 is 5.32 Å². The third-order valence-electron chi connectivity index (χ3n) is 1.95. The largest absolute Gasteiger partial charge is 0.305 e. The second kappa shape index (κ2) is 5.00.